The molecule has 0 aromatic heterocycles. The van der Waals surface area contributed by atoms with Crippen molar-refractivity contribution in [3.8, 4) is 23.3 Å². The molecular formula is C26H28F4O2. The van der Waals surface area contributed by atoms with Crippen molar-refractivity contribution < 1.29 is 27.0 Å². The molecule has 2 aromatic rings. The summed E-state index contributed by atoms with van der Waals surface area (Å²) in [6.45, 7) is 4.36. The molecule has 0 unspecified atom stereocenters. The highest BCUT2D eigenvalue weighted by atomic mass is 19.2. The third kappa shape index (κ3) is 5.76. The van der Waals surface area contributed by atoms with Crippen molar-refractivity contribution in [1.82, 2.24) is 0 Å². The maximum atomic E-state index is 14.5. The van der Waals surface area contributed by atoms with E-state index < -0.39 is 23.3 Å². The summed E-state index contributed by atoms with van der Waals surface area (Å²) in [5.74, 6) is 0.764. The Morgan fingerprint density at radius 1 is 0.719 bits per heavy atom. The van der Waals surface area contributed by atoms with Crippen LogP contribution in [-0.4, -0.2) is 13.2 Å². The Morgan fingerprint density at radius 3 is 1.72 bits per heavy atom. The van der Waals surface area contributed by atoms with Gasteiger partial charge in [0.2, 0.25) is 11.6 Å². The topological polar surface area (TPSA) is 18.5 Å². The molecular weight excluding hydrogens is 420 g/mol. The van der Waals surface area contributed by atoms with Gasteiger partial charge in [0.25, 0.3) is 0 Å². The minimum Gasteiger partial charge on any atom is -0.491 e. The molecule has 0 saturated heterocycles. The zero-order chi connectivity index (χ0) is 23.1. The van der Waals surface area contributed by atoms with Gasteiger partial charge in [0, 0.05) is 0 Å². The Kier molecular flexibility index (Phi) is 8.44. The lowest BCUT2D eigenvalue weighted by molar-refractivity contribution is 0.173. The SMILES string of the molecule is CCCC1CCC(COc2ccc(C#Cc3ccc(OCC)c(F)c3F)c(F)c2F)CC1. The van der Waals surface area contributed by atoms with Crippen molar-refractivity contribution in [3.05, 3.63) is 58.7 Å². The van der Waals surface area contributed by atoms with Gasteiger partial charge in [0.15, 0.2) is 23.1 Å². The first-order valence-corrected chi connectivity index (χ1v) is 11.2. The lowest BCUT2D eigenvalue weighted by Gasteiger charge is -2.28. The number of ether oxygens (including phenoxy) is 2. The van der Waals surface area contributed by atoms with Crippen LogP contribution in [0, 0.1) is 46.9 Å². The number of hydrogen-bond acceptors (Lipinski definition) is 2. The summed E-state index contributed by atoms with van der Waals surface area (Å²) in [7, 11) is 0. The largest absolute Gasteiger partial charge is 0.491 e. The fourth-order valence-electron chi connectivity index (χ4n) is 4.07. The molecule has 0 bridgehead atoms. The van der Waals surface area contributed by atoms with Crippen molar-refractivity contribution in [1.29, 1.82) is 0 Å². The third-order valence-electron chi connectivity index (χ3n) is 5.86. The molecule has 0 spiro atoms. The molecule has 2 nitrogen and oxygen atoms in total. The van der Waals surface area contributed by atoms with Crippen LogP contribution < -0.4 is 9.47 Å². The smallest absolute Gasteiger partial charge is 0.201 e. The summed E-state index contributed by atoms with van der Waals surface area (Å²) in [5.41, 5.74) is -0.534. The predicted molar refractivity (Wildman–Crippen MR) is 116 cm³/mol. The van der Waals surface area contributed by atoms with Crippen molar-refractivity contribution in [2.75, 3.05) is 13.2 Å². The van der Waals surface area contributed by atoms with Crippen LogP contribution in [0.2, 0.25) is 0 Å². The molecule has 0 amide bonds. The maximum Gasteiger partial charge on any atom is 0.201 e. The summed E-state index contributed by atoms with van der Waals surface area (Å²) in [6.07, 6.45) is 6.78. The highest BCUT2D eigenvalue weighted by Gasteiger charge is 2.22. The van der Waals surface area contributed by atoms with Crippen LogP contribution in [0.5, 0.6) is 11.5 Å². The first kappa shape index (κ1) is 24.0. The van der Waals surface area contributed by atoms with Crippen molar-refractivity contribution in [2.24, 2.45) is 11.8 Å². The van der Waals surface area contributed by atoms with Crippen LogP contribution in [0.1, 0.15) is 63.5 Å². The average Bonchev–Trinajstić information content (AvgIpc) is 2.79. The lowest BCUT2D eigenvalue weighted by Crippen LogP contribution is -2.20. The molecule has 1 fully saturated rings. The predicted octanol–water partition coefficient (Wildman–Crippen LogP) is 7.03. The monoisotopic (exact) mass is 448 g/mol. The van der Waals surface area contributed by atoms with Gasteiger partial charge < -0.3 is 9.47 Å². The van der Waals surface area contributed by atoms with E-state index in [9.17, 15) is 17.6 Å². The van der Waals surface area contributed by atoms with Gasteiger partial charge in [-0.3, -0.25) is 0 Å². The second-order valence-electron chi connectivity index (χ2n) is 8.15. The Labute approximate surface area is 186 Å². The van der Waals surface area contributed by atoms with Crippen LogP contribution in [0.3, 0.4) is 0 Å². The molecule has 1 saturated carbocycles. The fourth-order valence-corrected chi connectivity index (χ4v) is 4.07. The van der Waals surface area contributed by atoms with E-state index in [-0.39, 0.29) is 29.2 Å². The fraction of sp³-hybridized carbons (Fsp3) is 0.462. The highest BCUT2D eigenvalue weighted by Crippen LogP contribution is 2.32. The van der Waals surface area contributed by atoms with E-state index in [4.69, 9.17) is 9.47 Å². The molecule has 1 aliphatic rings. The minimum atomic E-state index is -1.20. The first-order valence-electron chi connectivity index (χ1n) is 11.2. The number of benzene rings is 2. The van der Waals surface area contributed by atoms with Crippen molar-refractivity contribution in [2.45, 2.75) is 52.4 Å². The van der Waals surface area contributed by atoms with Crippen LogP contribution in [0.15, 0.2) is 24.3 Å². The molecule has 0 heterocycles. The van der Waals surface area contributed by atoms with Crippen LogP contribution in [-0.2, 0) is 0 Å². The summed E-state index contributed by atoms with van der Waals surface area (Å²) in [6, 6.07) is 5.08. The van der Waals surface area contributed by atoms with Gasteiger partial charge in [-0.2, -0.15) is 8.78 Å². The molecule has 0 radical (unpaired) electrons. The maximum absolute atomic E-state index is 14.5. The van der Waals surface area contributed by atoms with E-state index >= 15 is 0 Å². The third-order valence-corrected chi connectivity index (χ3v) is 5.86. The van der Waals surface area contributed by atoms with E-state index in [1.807, 2.05) is 0 Å². The minimum absolute atomic E-state index is 0.165. The summed E-state index contributed by atoms with van der Waals surface area (Å²) < 4.78 is 67.5. The van der Waals surface area contributed by atoms with E-state index in [0.29, 0.717) is 12.5 Å². The van der Waals surface area contributed by atoms with Gasteiger partial charge in [-0.25, -0.2) is 8.78 Å². The molecule has 0 atom stereocenters. The number of hydrogen-bond donors (Lipinski definition) is 0. The Morgan fingerprint density at radius 2 is 1.22 bits per heavy atom. The summed E-state index contributed by atoms with van der Waals surface area (Å²) in [4.78, 5) is 0. The normalized spacial score (nSPS) is 18.1. The van der Waals surface area contributed by atoms with Gasteiger partial charge in [-0.15, -0.1) is 0 Å². The Hall–Kier alpha value is -2.68. The lowest BCUT2D eigenvalue weighted by atomic mass is 9.80. The zero-order valence-corrected chi connectivity index (χ0v) is 18.4. The Balaban J connectivity index is 1.67. The van der Waals surface area contributed by atoms with Gasteiger partial charge in [-0.1, -0.05) is 44.4 Å². The van der Waals surface area contributed by atoms with E-state index in [2.05, 4.69) is 18.8 Å². The molecule has 2 aromatic carbocycles. The highest BCUT2D eigenvalue weighted by molar-refractivity contribution is 5.47. The van der Waals surface area contributed by atoms with E-state index in [1.54, 1.807) is 6.92 Å². The van der Waals surface area contributed by atoms with Gasteiger partial charge in [-0.05, 0) is 55.9 Å². The van der Waals surface area contributed by atoms with E-state index in [0.717, 1.165) is 31.6 Å². The van der Waals surface area contributed by atoms with Gasteiger partial charge >= 0.3 is 0 Å². The van der Waals surface area contributed by atoms with Gasteiger partial charge in [0.1, 0.15) is 0 Å². The first-order chi connectivity index (χ1) is 15.4. The molecule has 0 aliphatic heterocycles. The Bertz CT molecular complexity index is 986. The molecule has 0 N–H and O–H groups in total. The zero-order valence-electron chi connectivity index (χ0n) is 18.4. The van der Waals surface area contributed by atoms with Crippen LogP contribution in [0.25, 0.3) is 0 Å². The quantitative estimate of drug-likeness (QED) is 0.335. The van der Waals surface area contributed by atoms with Crippen LogP contribution in [0.4, 0.5) is 17.6 Å². The van der Waals surface area contributed by atoms with Gasteiger partial charge in [0.05, 0.1) is 24.3 Å². The number of halogens is 4. The molecule has 6 heteroatoms. The van der Waals surface area contributed by atoms with E-state index in [1.165, 1.54) is 37.1 Å². The van der Waals surface area contributed by atoms with Crippen molar-refractivity contribution >= 4 is 0 Å². The second-order valence-corrected chi connectivity index (χ2v) is 8.15. The van der Waals surface area contributed by atoms with Crippen molar-refractivity contribution in [3.63, 3.8) is 0 Å². The average molecular weight is 449 g/mol. The summed E-state index contributed by atoms with van der Waals surface area (Å²) in [5, 5.41) is 0. The van der Waals surface area contributed by atoms with Crippen LogP contribution >= 0.6 is 0 Å². The standard InChI is InChI=1S/C26H28F4O2/c1-3-5-17-6-8-18(9-7-17)16-32-22-15-13-20(24(28)26(22)30)11-10-19-12-14-21(31-4-2)25(29)23(19)27/h12-15,17-18H,3-9,16H2,1-2H3. The number of rotatable bonds is 7. The molecule has 172 valence electrons. The molecule has 1 aliphatic carbocycles. The summed E-state index contributed by atoms with van der Waals surface area (Å²) >= 11 is 0. The molecule has 3 rings (SSSR count). The molecule has 32 heavy (non-hydrogen) atoms. The second kappa shape index (κ2) is 11.3.